The quantitative estimate of drug-likeness (QED) is 0.466. The highest BCUT2D eigenvalue weighted by atomic mass is 16.2. The Hall–Kier alpha value is -4.47. The molecule has 1 aliphatic heterocycles. The van der Waals surface area contributed by atoms with Crippen LogP contribution in [0.3, 0.4) is 0 Å². The van der Waals surface area contributed by atoms with E-state index in [-0.39, 0.29) is 60.5 Å². The summed E-state index contributed by atoms with van der Waals surface area (Å²) in [5, 5.41) is 0. The van der Waals surface area contributed by atoms with Gasteiger partial charge in [0.2, 0.25) is 11.8 Å². The van der Waals surface area contributed by atoms with E-state index in [9.17, 15) is 24.0 Å². The lowest BCUT2D eigenvalue weighted by atomic mass is 10.1. The Labute approximate surface area is 207 Å². The molecule has 1 aromatic heterocycles. The molecule has 4 rings (SSSR count). The molecule has 10 nitrogen and oxygen atoms in total. The van der Waals surface area contributed by atoms with Gasteiger partial charge in [-0.15, -0.1) is 0 Å². The largest absolute Gasteiger partial charge is 0.383 e. The molecule has 0 radical (unpaired) electrons. The number of benzene rings is 2. The van der Waals surface area contributed by atoms with Crippen LogP contribution in [0.25, 0.3) is 0 Å². The Morgan fingerprint density at radius 2 is 1.69 bits per heavy atom. The van der Waals surface area contributed by atoms with Crippen molar-refractivity contribution < 1.29 is 14.4 Å². The van der Waals surface area contributed by atoms with E-state index in [0.29, 0.717) is 6.42 Å². The van der Waals surface area contributed by atoms with Gasteiger partial charge in [0.1, 0.15) is 5.82 Å². The van der Waals surface area contributed by atoms with Crippen molar-refractivity contribution in [3.63, 3.8) is 0 Å². The molecule has 3 amide bonds. The highest BCUT2D eigenvalue weighted by molar-refractivity contribution is 6.20. The van der Waals surface area contributed by atoms with Crippen molar-refractivity contribution in [1.29, 1.82) is 0 Å². The number of aromatic nitrogens is 2. The third-order valence-corrected chi connectivity index (χ3v) is 6.05. The molecule has 3 N–H and O–H groups in total. The van der Waals surface area contributed by atoms with Crippen molar-refractivity contribution in [2.45, 2.75) is 45.7 Å². The van der Waals surface area contributed by atoms with Crippen molar-refractivity contribution in [1.82, 2.24) is 9.55 Å². The first kappa shape index (κ1) is 24.6. The van der Waals surface area contributed by atoms with Crippen LogP contribution in [-0.2, 0) is 22.7 Å². The maximum absolute atomic E-state index is 13.8. The highest BCUT2D eigenvalue weighted by Gasteiger charge is 2.31. The molecule has 0 unspecified atom stereocenters. The molecule has 0 aliphatic carbocycles. The van der Waals surface area contributed by atoms with Crippen molar-refractivity contribution in [2.75, 3.05) is 15.5 Å². The molecule has 186 valence electrons. The number of nitrogens with two attached hydrogens (primary N) is 1. The molecule has 0 spiro atoms. The van der Waals surface area contributed by atoms with Crippen molar-refractivity contribution in [2.24, 2.45) is 0 Å². The molecule has 0 saturated carbocycles. The lowest BCUT2D eigenvalue weighted by Gasteiger charge is -2.25. The minimum Gasteiger partial charge on any atom is -0.383 e. The number of amides is 3. The van der Waals surface area contributed by atoms with Crippen molar-refractivity contribution in [3.05, 3.63) is 86.6 Å². The fraction of sp³-hybridized carbons (Fsp3) is 0.269. The highest BCUT2D eigenvalue weighted by Crippen LogP contribution is 2.26. The predicted molar refractivity (Wildman–Crippen MR) is 136 cm³/mol. The number of nitrogens with zero attached hydrogens (tertiary/aromatic N) is 3. The van der Waals surface area contributed by atoms with Crippen molar-refractivity contribution in [3.8, 4) is 0 Å². The van der Waals surface area contributed by atoms with Crippen LogP contribution in [0.15, 0.2) is 64.2 Å². The lowest BCUT2D eigenvalue weighted by molar-refractivity contribution is -0.121. The van der Waals surface area contributed by atoms with Gasteiger partial charge in [0.15, 0.2) is 5.69 Å². The normalized spacial score (nSPS) is 13.3. The summed E-state index contributed by atoms with van der Waals surface area (Å²) in [5.74, 6) is -1.36. The maximum atomic E-state index is 13.8. The molecule has 2 heterocycles. The summed E-state index contributed by atoms with van der Waals surface area (Å²) in [6.07, 6.45) is 1.68. The zero-order valence-electron chi connectivity index (χ0n) is 19.9. The second kappa shape index (κ2) is 10.4. The zero-order chi connectivity index (χ0) is 25.8. The summed E-state index contributed by atoms with van der Waals surface area (Å²) in [6, 6.07) is 15.2. The number of rotatable bonds is 8. The van der Waals surface area contributed by atoms with Crippen LogP contribution >= 0.6 is 0 Å². The van der Waals surface area contributed by atoms with Crippen LogP contribution in [0.5, 0.6) is 0 Å². The number of imide groups is 1. The first-order valence-corrected chi connectivity index (χ1v) is 11.8. The van der Waals surface area contributed by atoms with E-state index in [1.54, 1.807) is 36.4 Å². The number of carbonyl (C=O) groups excluding carboxylic acids is 3. The number of aromatic amines is 1. The molecule has 0 bridgehead atoms. The van der Waals surface area contributed by atoms with E-state index in [2.05, 4.69) is 4.98 Å². The predicted octanol–water partition coefficient (Wildman–Crippen LogP) is 2.42. The fourth-order valence-corrected chi connectivity index (χ4v) is 4.19. The number of nitrogen functional groups attached to an aromatic ring is 1. The van der Waals surface area contributed by atoms with Gasteiger partial charge in [0.25, 0.3) is 11.5 Å². The molecular formula is C26H27N5O5. The maximum Gasteiger partial charge on any atom is 0.330 e. The number of nitrogens with one attached hydrogen (secondary N) is 1. The van der Waals surface area contributed by atoms with E-state index in [1.807, 2.05) is 13.0 Å². The Balaban J connectivity index is 1.82. The summed E-state index contributed by atoms with van der Waals surface area (Å²) in [5.41, 5.74) is 5.92. The fourth-order valence-electron chi connectivity index (χ4n) is 4.19. The lowest BCUT2D eigenvalue weighted by Crippen LogP contribution is -2.41. The van der Waals surface area contributed by atoms with Gasteiger partial charge < -0.3 is 5.73 Å². The Bertz CT molecular complexity index is 1410. The zero-order valence-corrected chi connectivity index (χ0v) is 19.9. The number of hydrogen-bond acceptors (Lipinski definition) is 6. The minimum atomic E-state index is -0.782. The third-order valence-electron chi connectivity index (χ3n) is 6.05. The number of unbranched alkanes of at least 4 members (excludes halogenated alkanes) is 1. The summed E-state index contributed by atoms with van der Waals surface area (Å²) < 4.78 is 1.25. The summed E-state index contributed by atoms with van der Waals surface area (Å²) in [6.45, 7) is 2.25. The van der Waals surface area contributed by atoms with Gasteiger partial charge in [-0.2, -0.15) is 0 Å². The van der Waals surface area contributed by atoms with Gasteiger partial charge in [0.05, 0.1) is 12.2 Å². The first-order valence-electron chi connectivity index (χ1n) is 11.8. The topological polar surface area (TPSA) is 139 Å². The molecule has 1 saturated heterocycles. The third kappa shape index (κ3) is 4.83. The van der Waals surface area contributed by atoms with E-state index >= 15 is 0 Å². The average Bonchev–Trinajstić information content (AvgIpc) is 3.21. The van der Waals surface area contributed by atoms with Crippen LogP contribution in [0.4, 0.5) is 17.2 Å². The molecular weight excluding hydrogens is 462 g/mol. The smallest absolute Gasteiger partial charge is 0.330 e. The number of H-pyrrole nitrogens is 1. The Morgan fingerprint density at radius 1 is 1.00 bits per heavy atom. The van der Waals surface area contributed by atoms with Crippen LogP contribution in [0, 0.1) is 0 Å². The van der Waals surface area contributed by atoms with Crippen LogP contribution in [0.1, 0.15) is 48.5 Å². The Morgan fingerprint density at radius 3 is 2.36 bits per heavy atom. The monoisotopic (exact) mass is 489 g/mol. The second-order valence-electron chi connectivity index (χ2n) is 8.55. The van der Waals surface area contributed by atoms with E-state index < -0.39 is 17.2 Å². The van der Waals surface area contributed by atoms with Gasteiger partial charge in [0, 0.05) is 24.9 Å². The average molecular weight is 490 g/mol. The summed E-state index contributed by atoms with van der Waals surface area (Å²) in [7, 11) is 0. The minimum absolute atomic E-state index is 0.00470. The van der Waals surface area contributed by atoms with Gasteiger partial charge in [-0.3, -0.25) is 38.5 Å². The molecule has 10 heteroatoms. The van der Waals surface area contributed by atoms with E-state index in [0.717, 1.165) is 16.9 Å². The molecule has 0 atom stereocenters. The summed E-state index contributed by atoms with van der Waals surface area (Å²) in [4.78, 5) is 68.3. The SMILES string of the molecule is CCCCn1c(N)c(N(Cc2ccccc2)C(=O)c2cccc(N3C(=O)CCC3=O)c2)c(=O)[nH]c1=O. The first-order chi connectivity index (χ1) is 17.3. The van der Waals surface area contributed by atoms with Gasteiger partial charge in [-0.05, 0) is 30.2 Å². The number of hydrogen-bond donors (Lipinski definition) is 2. The van der Waals surface area contributed by atoms with E-state index in [4.69, 9.17) is 5.73 Å². The van der Waals surface area contributed by atoms with Crippen molar-refractivity contribution >= 4 is 34.9 Å². The second-order valence-corrected chi connectivity index (χ2v) is 8.55. The molecule has 1 fully saturated rings. The van der Waals surface area contributed by atoms with E-state index in [1.165, 1.54) is 21.6 Å². The molecule has 3 aromatic rings. The molecule has 2 aromatic carbocycles. The number of anilines is 3. The van der Waals surface area contributed by atoms with Gasteiger partial charge in [-0.25, -0.2) is 4.79 Å². The van der Waals surface area contributed by atoms with Crippen LogP contribution in [-0.4, -0.2) is 27.3 Å². The molecule has 1 aliphatic rings. The summed E-state index contributed by atoms with van der Waals surface area (Å²) >= 11 is 0. The molecule has 36 heavy (non-hydrogen) atoms. The van der Waals surface area contributed by atoms with Gasteiger partial charge in [-0.1, -0.05) is 49.7 Å². The van der Waals surface area contributed by atoms with Crippen LogP contribution < -0.4 is 26.8 Å². The number of carbonyl (C=O) groups is 3. The van der Waals surface area contributed by atoms with Gasteiger partial charge >= 0.3 is 5.69 Å². The van der Waals surface area contributed by atoms with Crippen LogP contribution in [0.2, 0.25) is 0 Å². The standard InChI is InChI=1S/C26H27N5O5/c1-2-3-14-29-23(27)22(24(34)28-26(29)36)30(16-17-8-5-4-6-9-17)25(35)18-10-7-11-19(15-18)31-20(32)12-13-21(31)33/h4-11,15H,2-3,12-14,16,27H2,1H3,(H,28,34,36). The Kier molecular flexibility index (Phi) is 7.14.